The molecular formula is C15H15NO2. The zero-order valence-corrected chi connectivity index (χ0v) is 10.3. The summed E-state index contributed by atoms with van der Waals surface area (Å²) in [5, 5.41) is 10.0. The average Bonchev–Trinajstić information content (AvgIpc) is 2.86. The lowest BCUT2D eigenvalue weighted by Crippen LogP contribution is -2.12. The summed E-state index contributed by atoms with van der Waals surface area (Å²) in [7, 11) is 0. The molecule has 0 amide bonds. The van der Waals surface area contributed by atoms with E-state index in [0.29, 0.717) is 17.6 Å². The third kappa shape index (κ3) is 2.43. The molecule has 0 saturated carbocycles. The Morgan fingerprint density at radius 3 is 3.00 bits per heavy atom. The molecule has 0 bridgehead atoms. The van der Waals surface area contributed by atoms with E-state index in [2.05, 4.69) is 6.07 Å². The zero-order valence-electron chi connectivity index (χ0n) is 10.3. The standard InChI is InChI=1S/C15H15NO2/c1-2-3-4-13(10-16)15(17)12-6-5-11-7-8-18-14(11)9-12/h5-9,13H,2-4H2,1H3. The number of carbonyl (C=O) groups is 1. The summed E-state index contributed by atoms with van der Waals surface area (Å²) in [4.78, 5) is 12.2. The third-order valence-corrected chi connectivity index (χ3v) is 3.06. The molecule has 1 aromatic carbocycles. The number of rotatable bonds is 5. The van der Waals surface area contributed by atoms with E-state index in [4.69, 9.17) is 9.68 Å². The highest BCUT2D eigenvalue weighted by Crippen LogP contribution is 2.20. The second-order valence-corrected chi connectivity index (χ2v) is 4.36. The number of Topliss-reactive ketones (excluding diaryl/α,β-unsaturated/α-hetero) is 1. The van der Waals surface area contributed by atoms with Crippen LogP contribution in [0.4, 0.5) is 0 Å². The highest BCUT2D eigenvalue weighted by Gasteiger charge is 2.19. The van der Waals surface area contributed by atoms with Crippen molar-refractivity contribution in [1.82, 2.24) is 0 Å². The third-order valence-electron chi connectivity index (χ3n) is 3.06. The van der Waals surface area contributed by atoms with Gasteiger partial charge in [0.1, 0.15) is 11.5 Å². The molecule has 1 atom stereocenters. The van der Waals surface area contributed by atoms with E-state index in [1.54, 1.807) is 18.4 Å². The molecule has 0 aliphatic heterocycles. The van der Waals surface area contributed by atoms with Crippen molar-refractivity contribution in [3.63, 3.8) is 0 Å². The summed E-state index contributed by atoms with van der Waals surface area (Å²) in [6.45, 7) is 2.05. The Morgan fingerprint density at radius 2 is 2.28 bits per heavy atom. The molecule has 1 unspecified atom stereocenters. The van der Waals surface area contributed by atoms with Crippen molar-refractivity contribution < 1.29 is 9.21 Å². The minimum Gasteiger partial charge on any atom is -0.464 e. The zero-order chi connectivity index (χ0) is 13.0. The average molecular weight is 241 g/mol. The summed E-state index contributed by atoms with van der Waals surface area (Å²) in [5.41, 5.74) is 1.24. The Bertz CT molecular complexity index is 592. The highest BCUT2D eigenvalue weighted by molar-refractivity contribution is 6.01. The van der Waals surface area contributed by atoms with Crippen molar-refractivity contribution in [3.8, 4) is 6.07 Å². The van der Waals surface area contributed by atoms with Crippen LogP contribution in [0.25, 0.3) is 11.0 Å². The molecule has 0 fully saturated rings. The Labute approximate surface area is 106 Å². The molecule has 0 aliphatic rings. The summed E-state index contributed by atoms with van der Waals surface area (Å²) in [5.74, 6) is -0.651. The fraction of sp³-hybridized carbons (Fsp3) is 0.333. The normalized spacial score (nSPS) is 12.2. The monoisotopic (exact) mass is 241 g/mol. The van der Waals surface area contributed by atoms with Crippen molar-refractivity contribution in [1.29, 1.82) is 5.26 Å². The lowest BCUT2D eigenvalue weighted by molar-refractivity contribution is 0.0943. The predicted molar refractivity (Wildman–Crippen MR) is 69.2 cm³/mol. The van der Waals surface area contributed by atoms with Crippen LogP contribution in [0.2, 0.25) is 0 Å². The fourth-order valence-corrected chi connectivity index (χ4v) is 1.97. The molecule has 2 rings (SSSR count). The van der Waals surface area contributed by atoms with E-state index in [-0.39, 0.29) is 5.78 Å². The molecule has 3 heteroatoms. The number of furan rings is 1. The first-order chi connectivity index (χ1) is 8.76. The van der Waals surface area contributed by atoms with Crippen LogP contribution >= 0.6 is 0 Å². The van der Waals surface area contributed by atoms with Gasteiger partial charge < -0.3 is 4.42 Å². The van der Waals surface area contributed by atoms with Crippen LogP contribution in [-0.4, -0.2) is 5.78 Å². The van der Waals surface area contributed by atoms with Gasteiger partial charge in [-0.1, -0.05) is 31.9 Å². The summed E-state index contributed by atoms with van der Waals surface area (Å²) >= 11 is 0. The van der Waals surface area contributed by atoms with Gasteiger partial charge in [-0.2, -0.15) is 5.26 Å². The van der Waals surface area contributed by atoms with E-state index in [1.165, 1.54) is 0 Å². The molecule has 0 spiro atoms. The molecule has 3 nitrogen and oxygen atoms in total. The molecule has 0 radical (unpaired) electrons. The van der Waals surface area contributed by atoms with Crippen molar-refractivity contribution in [3.05, 3.63) is 36.1 Å². The van der Waals surface area contributed by atoms with Crippen LogP contribution in [0, 0.1) is 17.2 Å². The molecule has 1 aromatic heterocycles. The predicted octanol–water partition coefficient (Wildman–Crippen LogP) is 3.95. The van der Waals surface area contributed by atoms with E-state index in [0.717, 1.165) is 18.2 Å². The number of nitrogens with zero attached hydrogens (tertiary/aromatic N) is 1. The van der Waals surface area contributed by atoms with Crippen LogP contribution < -0.4 is 0 Å². The Balaban J connectivity index is 2.23. The Morgan fingerprint density at radius 1 is 1.44 bits per heavy atom. The van der Waals surface area contributed by atoms with Gasteiger partial charge in [-0.3, -0.25) is 4.79 Å². The second kappa shape index (κ2) is 5.50. The van der Waals surface area contributed by atoms with E-state index in [1.807, 2.05) is 19.1 Å². The smallest absolute Gasteiger partial charge is 0.180 e. The van der Waals surface area contributed by atoms with Gasteiger partial charge in [-0.05, 0) is 18.6 Å². The number of carbonyl (C=O) groups excluding carboxylic acids is 1. The number of ketones is 1. The summed E-state index contributed by atoms with van der Waals surface area (Å²) in [6.07, 6.45) is 4.11. The lowest BCUT2D eigenvalue weighted by atomic mass is 9.94. The first-order valence-corrected chi connectivity index (χ1v) is 6.17. The summed E-state index contributed by atoms with van der Waals surface area (Å²) in [6, 6.07) is 9.27. The topological polar surface area (TPSA) is 54.0 Å². The van der Waals surface area contributed by atoms with E-state index in [9.17, 15) is 4.79 Å². The lowest BCUT2D eigenvalue weighted by Gasteiger charge is -2.07. The minimum absolute atomic E-state index is 0.107. The van der Waals surface area contributed by atoms with Crippen molar-refractivity contribution in [2.45, 2.75) is 26.2 Å². The fourth-order valence-electron chi connectivity index (χ4n) is 1.97. The molecule has 0 N–H and O–H groups in total. The molecule has 92 valence electrons. The first-order valence-electron chi connectivity index (χ1n) is 6.17. The van der Waals surface area contributed by atoms with Crippen LogP contribution in [0.5, 0.6) is 0 Å². The van der Waals surface area contributed by atoms with E-state index >= 15 is 0 Å². The van der Waals surface area contributed by atoms with Crippen LogP contribution in [-0.2, 0) is 0 Å². The van der Waals surface area contributed by atoms with Gasteiger partial charge in [0.25, 0.3) is 0 Å². The number of nitriles is 1. The molecule has 1 heterocycles. The number of hydrogen-bond acceptors (Lipinski definition) is 3. The van der Waals surface area contributed by atoms with Crippen molar-refractivity contribution >= 4 is 16.8 Å². The maximum atomic E-state index is 12.2. The van der Waals surface area contributed by atoms with Crippen LogP contribution in [0.1, 0.15) is 36.5 Å². The van der Waals surface area contributed by atoms with Gasteiger partial charge >= 0.3 is 0 Å². The van der Waals surface area contributed by atoms with Gasteiger partial charge in [0.2, 0.25) is 0 Å². The molecular weight excluding hydrogens is 226 g/mol. The van der Waals surface area contributed by atoms with Crippen LogP contribution in [0.3, 0.4) is 0 Å². The summed E-state index contributed by atoms with van der Waals surface area (Å²) < 4.78 is 5.27. The number of unbranched alkanes of at least 4 members (excludes halogenated alkanes) is 1. The Hall–Kier alpha value is -2.08. The van der Waals surface area contributed by atoms with Gasteiger partial charge in [0.15, 0.2) is 5.78 Å². The van der Waals surface area contributed by atoms with Crippen molar-refractivity contribution in [2.24, 2.45) is 5.92 Å². The van der Waals surface area contributed by atoms with Gasteiger partial charge in [-0.25, -0.2) is 0 Å². The van der Waals surface area contributed by atoms with Gasteiger partial charge in [-0.15, -0.1) is 0 Å². The van der Waals surface area contributed by atoms with Gasteiger partial charge in [0, 0.05) is 10.9 Å². The quantitative estimate of drug-likeness (QED) is 0.745. The number of fused-ring (bicyclic) bond motifs is 1. The molecule has 18 heavy (non-hydrogen) atoms. The van der Waals surface area contributed by atoms with Crippen LogP contribution in [0.15, 0.2) is 34.9 Å². The molecule has 0 saturated heterocycles. The molecule has 0 aliphatic carbocycles. The number of hydrogen-bond donors (Lipinski definition) is 0. The maximum absolute atomic E-state index is 12.2. The van der Waals surface area contributed by atoms with Gasteiger partial charge in [0.05, 0.1) is 12.3 Å². The highest BCUT2D eigenvalue weighted by atomic mass is 16.3. The minimum atomic E-state index is -0.544. The van der Waals surface area contributed by atoms with Crippen molar-refractivity contribution in [2.75, 3.05) is 0 Å². The number of benzene rings is 1. The van der Waals surface area contributed by atoms with E-state index < -0.39 is 5.92 Å². The molecule has 2 aromatic rings. The first kappa shape index (κ1) is 12.4. The SMILES string of the molecule is CCCCC(C#N)C(=O)c1ccc2ccoc2c1. The largest absolute Gasteiger partial charge is 0.464 e. The maximum Gasteiger partial charge on any atom is 0.180 e. The second-order valence-electron chi connectivity index (χ2n) is 4.36. The Kier molecular flexibility index (Phi) is 3.78.